The molecule has 0 saturated carbocycles. The molecule has 2 saturated heterocycles. The molecule has 152 valence electrons. The molecule has 2 aliphatic rings. The van der Waals surface area contributed by atoms with Gasteiger partial charge in [0.2, 0.25) is 15.9 Å². The van der Waals surface area contributed by atoms with Crippen LogP contribution in [0.1, 0.15) is 0 Å². The number of carbonyl (C=O) groups is 2. The first-order valence-corrected chi connectivity index (χ1v) is 9.77. The van der Waals surface area contributed by atoms with Crippen molar-refractivity contribution in [2.75, 3.05) is 33.4 Å². The van der Waals surface area contributed by atoms with Gasteiger partial charge in [-0.1, -0.05) is 0 Å². The maximum Gasteiger partial charge on any atom is 0.417 e. The summed E-state index contributed by atoms with van der Waals surface area (Å²) in [6.45, 7) is 0.487. The molecule has 0 radical (unpaired) electrons. The van der Waals surface area contributed by atoms with Crippen molar-refractivity contribution in [2.45, 2.75) is 10.9 Å². The van der Waals surface area contributed by atoms with Gasteiger partial charge >= 0.3 is 5.76 Å². The molecule has 0 spiro atoms. The summed E-state index contributed by atoms with van der Waals surface area (Å²) in [6.07, 6.45) is 0. The highest BCUT2D eigenvalue weighted by molar-refractivity contribution is 7.89. The van der Waals surface area contributed by atoms with Crippen molar-refractivity contribution in [3.05, 3.63) is 28.7 Å². The van der Waals surface area contributed by atoms with Crippen LogP contribution in [0.4, 0.5) is 0 Å². The number of rotatable bonds is 2. The fourth-order valence-corrected chi connectivity index (χ4v) is 4.83. The number of amides is 1. The number of carboxylic acid groups (broad SMARTS) is 1. The second kappa shape index (κ2) is 7.73. The number of aromatic amines is 1. The second-order valence-electron chi connectivity index (χ2n) is 6.44. The Balaban J connectivity index is 0.000000706. The normalized spacial score (nSPS) is 23.0. The fourth-order valence-electron chi connectivity index (χ4n) is 3.29. The minimum Gasteiger partial charge on any atom is -0.483 e. The second-order valence-corrected chi connectivity index (χ2v) is 8.38. The lowest BCUT2D eigenvalue weighted by molar-refractivity contribution is -0.133. The van der Waals surface area contributed by atoms with Crippen LogP contribution in [0.15, 0.2) is 32.3 Å². The average Bonchev–Trinajstić information content (AvgIpc) is 2.88. The summed E-state index contributed by atoms with van der Waals surface area (Å²) in [6, 6.07) is 3.91. The predicted molar refractivity (Wildman–Crippen MR) is 95.2 cm³/mol. The highest BCUT2D eigenvalue weighted by atomic mass is 32.2. The molecular formula is C16H19N3O8S. The maximum absolute atomic E-state index is 13.1. The van der Waals surface area contributed by atoms with Crippen molar-refractivity contribution < 1.29 is 32.3 Å². The largest absolute Gasteiger partial charge is 0.483 e. The smallest absolute Gasteiger partial charge is 0.417 e. The van der Waals surface area contributed by atoms with Crippen molar-refractivity contribution in [3.8, 4) is 0 Å². The first kappa shape index (κ1) is 20.0. The lowest BCUT2D eigenvalue weighted by Crippen LogP contribution is -2.45. The van der Waals surface area contributed by atoms with Crippen molar-refractivity contribution >= 4 is 33.5 Å². The third-order valence-corrected chi connectivity index (χ3v) is 6.57. The zero-order chi connectivity index (χ0) is 20.5. The Morgan fingerprint density at radius 1 is 1.25 bits per heavy atom. The molecule has 3 heterocycles. The number of oxazole rings is 1. The first-order chi connectivity index (χ1) is 13.3. The number of likely N-dealkylation sites (N-methyl/N-ethyl adjacent to an activating group) is 1. The zero-order valence-electron chi connectivity index (χ0n) is 14.9. The molecule has 0 aliphatic carbocycles. The Labute approximate surface area is 159 Å². The number of hydrogen-bond acceptors (Lipinski definition) is 7. The first-order valence-electron chi connectivity index (χ1n) is 8.33. The van der Waals surface area contributed by atoms with Gasteiger partial charge in [0, 0.05) is 26.2 Å². The van der Waals surface area contributed by atoms with E-state index in [0.717, 1.165) is 0 Å². The molecule has 1 amide bonds. The molecular weight excluding hydrogens is 394 g/mol. The maximum atomic E-state index is 13.1. The number of sulfonamides is 1. The van der Waals surface area contributed by atoms with Gasteiger partial charge in [-0.25, -0.2) is 13.2 Å². The van der Waals surface area contributed by atoms with Crippen LogP contribution in [0.2, 0.25) is 0 Å². The van der Waals surface area contributed by atoms with Gasteiger partial charge in [0.15, 0.2) is 5.58 Å². The number of fused-ring (bicyclic) bond motifs is 4. The van der Waals surface area contributed by atoms with Crippen LogP contribution in [-0.4, -0.2) is 79.5 Å². The molecule has 12 heteroatoms. The van der Waals surface area contributed by atoms with Gasteiger partial charge in [0.1, 0.15) is 0 Å². The van der Waals surface area contributed by atoms with E-state index in [4.69, 9.17) is 19.1 Å². The summed E-state index contributed by atoms with van der Waals surface area (Å²) in [5.41, 5.74) is 0.609. The zero-order valence-corrected chi connectivity index (χ0v) is 15.7. The highest BCUT2D eigenvalue weighted by Gasteiger charge is 2.41. The fraction of sp³-hybridized carbons (Fsp3) is 0.438. The van der Waals surface area contributed by atoms with Crippen LogP contribution in [0.25, 0.3) is 11.1 Å². The monoisotopic (exact) mass is 413 g/mol. The number of nitrogens with zero attached hydrogens (tertiary/aromatic N) is 2. The Hall–Kier alpha value is -2.70. The van der Waals surface area contributed by atoms with Gasteiger partial charge in [-0.05, 0) is 12.1 Å². The van der Waals surface area contributed by atoms with Crippen LogP contribution in [0, 0.1) is 5.92 Å². The number of ether oxygens (including phenoxy) is 1. The number of carbonyl (C=O) groups excluding carboxylic acids is 1. The van der Waals surface area contributed by atoms with Crippen LogP contribution >= 0.6 is 0 Å². The number of aromatic nitrogens is 1. The lowest BCUT2D eigenvalue weighted by atomic mass is 10.1. The van der Waals surface area contributed by atoms with E-state index < -0.39 is 21.7 Å². The molecule has 2 fully saturated rings. The van der Waals surface area contributed by atoms with Gasteiger partial charge in [-0.15, -0.1) is 0 Å². The molecule has 2 bridgehead atoms. The third kappa shape index (κ3) is 3.66. The third-order valence-electron chi connectivity index (χ3n) is 4.74. The van der Waals surface area contributed by atoms with E-state index in [9.17, 15) is 18.0 Å². The number of hydrogen-bond donors (Lipinski definition) is 2. The molecule has 2 aliphatic heterocycles. The van der Waals surface area contributed by atoms with Gasteiger partial charge in [-0.3, -0.25) is 14.6 Å². The van der Waals surface area contributed by atoms with Crippen LogP contribution in [-0.2, 0) is 24.3 Å². The quantitative estimate of drug-likeness (QED) is 0.614. The Bertz CT molecular complexity index is 1040. The van der Waals surface area contributed by atoms with E-state index >= 15 is 0 Å². The van der Waals surface area contributed by atoms with Gasteiger partial charge in [0.05, 0.1) is 35.6 Å². The molecule has 1 aromatic carbocycles. The van der Waals surface area contributed by atoms with Gasteiger partial charge < -0.3 is 19.2 Å². The Kier molecular flexibility index (Phi) is 5.54. The summed E-state index contributed by atoms with van der Waals surface area (Å²) in [5, 5.41) is 6.89. The molecule has 2 atom stereocenters. The molecule has 2 N–H and O–H groups in total. The lowest BCUT2D eigenvalue weighted by Gasteiger charge is -2.28. The average molecular weight is 413 g/mol. The van der Waals surface area contributed by atoms with Crippen LogP contribution in [0.5, 0.6) is 0 Å². The van der Waals surface area contributed by atoms with E-state index in [1.165, 1.54) is 22.5 Å². The molecule has 1 aromatic heterocycles. The van der Waals surface area contributed by atoms with E-state index in [0.29, 0.717) is 12.1 Å². The summed E-state index contributed by atoms with van der Waals surface area (Å²) in [4.78, 5) is 36.1. The van der Waals surface area contributed by atoms with E-state index in [2.05, 4.69) is 4.98 Å². The van der Waals surface area contributed by atoms with Crippen LogP contribution in [0.3, 0.4) is 0 Å². The molecule has 11 nitrogen and oxygen atoms in total. The molecule has 2 aromatic rings. The highest BCUT2D eigenvalue weighted by Crippen LogP contribution is 2.26. The standard InChI is InChI=1S/C15H17N3O6S.CH2O2/c1-17-10-6-18(5-9(14(17)19)7-23-8-10)25(21,22)11-2-3-12-13(4-11)24-15(20)16-12;2-1-3/h2-4,9-10H,5-8H2,1H3,(H,16,20);1H,(H,2,3)/t9-,10+;/m1./s1. The summed E-state index contributed by atoms with van der Waals surface area (Å²) >= 11 is 0. The summed E-state index contributed by atoms with van der Waals surface area (Å²) in [5.74, 6) is -1.27. The van der Waals surface area contributed by atoms with Crippen molar-refractivity contribution in [1.82, 2.24) is 14.2 Å². The number of H-pyrrole nitrogens is 1. The summed E-state index contributed by atoms with van der Waals surface area (Å²) in [7, 11) is -2.16. The number of benzene rings is 1. The summed E-state index contributed by atoms with van der Waals surface area (Å²) < 4.78 is 37.9. The predicted octanol–water partition coefficient (Wildman–Crippen LogP) is -0.700. The van der Waals surface area contributed by atoms with E-state index in [1.807, 2.05) is 0 Å². The SMILES string of the molecule is CN1C(=O)[C@H]2COC[C@@H]1CN(S(=O)(=O)c1ccc3[nH]c(=O)oc3c1)C2.O=CO. The van der Waals surface area contributed by atoms with Gasteiger partial charge in [-0.2, -0.15) is 4.31 Å². The van der Waals surface area contributed by atoms with Crippen LogP contribution < -0.4 is 5.76 Å². The van der Waals surface area contributed by atoms with Crippen molar-refractivity contribution in [2.24, 2.45) is 5.92 Å². The Morgan fingerprint density at radius 3 is 2.68 bits per heavy atom. The van der Waals surface area contributed by atoms with E-state index in [-0.39, 0.29) is 48.6 Å². The van der Waals surface area contributed by atoms with Gasteiger partial charge in [0.25, 0.3) is 6.47 Å². The molecule has 0 unspecified atom stereocenters. The number of nitrogens with one attached hydrogen (secondary N) is 1. The Morgan fingerprint density at radius 2 is 1.96 bits per heavy atom. The van der Waals surface area contributed by atoms with E-state index in [1.54, 1.807) is 11.9 Å². The van der Waals surface area contributed by atoms with Crippen molar-refractivity contribution in [3.63, 3.8) is 0 Å². The van der Waals surface area contributed by atoms with Crippen molar-refractivity contribution in [1.29, 1.82) is 0 Å². The molecule has 4 rings (SSSR count). The minimum absolute atomic E-state index is 0.0266. The molecule has 28 heavy (non-hydrogen) atoms. The topological polar surface area (TPSA) is 150 Å². The minimum atomic E-state index is -3.83.